The minimum atomic E-state index is -1.17. The molecule has 166 valence electrons. The van der Waals surface area contributed by atoms with E-state index in [2.05, 4.69) is 15.6 Å². The normalized spacial score (nSPS) is 15.2. The smallest absolute Gasteiger partial charge is 0.311 e. The first-order chi connectivity index (χ1) is 15.8. The summed E-state index contributed by atoms with van der Waals surface area (Å²) in [6.07, 6.45) is -1.17. The largest absolute Gasteiger partial charge is 0.321 e. The summed E-state index contributed by atoms with van der Waals surface area (Å²) in [6, 6.07) is 20.3. The fourth-order valence-electron chi connectivity index (χ4n) is 3.63. The lowest BCUT2D eigenvalue weighted by molar-refractivity contribution is -0.384. The number of anilines is 2. The van der Waals surface area contributed by atoms with Crippen LogP contribution in [0.4, 0.5) is 21.9 Å². The zero-order valence-corrected chi connectivity index (χ0v) is 18.0. The van der Waals surface area contributed by atoms with Crippen molar-refractivity contribution in [1.29, 1.82) is 0 Å². The van der Waals surface area contributed by atoms with Crippen molar-refractivity contribution in [3.63, 3.8) is 0 Å². The Hall–Kier alpha value is -4.53. The second kappa shape index (κ2) is 8.91. The van der Waals surface area contributed by atoms with E-state index in [9.17, 15) is 19.7 Å². The molecule has 2 N–H and O–H groups in total. The number of fused-ring (bicyclic) bond motifs is 1. The van der Waals surface area contributed by atoms with Gasteiger partial charge < -0.3 is 15.5 Å². The number of carbonyl (C=O) groups is 2. The number of hydrogen-bond acceptors (Lipinski definition) is 5. The highest BCUT2D eigenvalue weighted by atomic mass is 16.6. The summed E-state index contributed by atoms with van der Waals surface area (Å²) >= 11 is 0. The number of hydrogen-bond donors (Lipinski definition) is 2. The monoisotopic (exact) mass is 443 g/mol. The molecule has 0 saturated heterocycles. The van der Waals surface area contributed by atoms with Crippen LogP contribution in [0.25, 0.3) is 0 Å². The number of para-hydroxylation sites is 1. The lowest BCUT2D eigenvalue weighted by Crippen LogP contribution is -2.47. The lowest BCUT2D eigenvalue weighted by atomic mass is 10.0. The number of benzene rings is 3. The van der Waals surface area contributed by atoms with Crippen molar-refractivity contribution in [2.75, 3.05) is 17.3 Å². The third kappa shape index (κ3) is 4.42. The van der Waals surface area contributed by atoms with Gasteiger partial charge in [0.2, 0.25) is 6.17 Å². The van der Waals surface area contributed by atoms with Gasteiger partial charge in [0.25, 0.3) is 11.6 Å². The van der Waals surface area contributed by atoms with Crippen molar-refractivity contribution in [3.8, 4) is 0 Å². The fourth-order valence-corrected chi connectivity index (χ4v) is 3.63. The minimum absolute atomic E-state index is 0.0751. The summed E-state index contributed by atoms with van der Waals surface area (Å²) in [4.78, 5) is 42.4. The summed E-state index contributed by atoms with van der Waals surface area (Å²) in [5.74, 6) is -0.399. The summed E-state index contributed by atoms with van der Waals surface area (Å²) in [6.45, 7) is 1.65. The van der Waals surface area contributed by atoms with E-state index in [0.29, 0.717) is 22.6 Å². The molecule has 3 aromatic carbocycles. The van der Waals surface area contributed by atoms with E-state index in [4.69, 9.17) is 0 Å². The molecular weight excluding hydrogens is 422 g/mol. The molecule has 4 rings (SSSR count). The Bertz CT molecular complexity index is 1270. The number of aryl methyl sites for hydroxylation is 1. The molecule has 0 unspecified atom stereocenters. The Morgan fingerprint density at radius 3 is 2.45 bits per heavy atom. The van der Waals surface area contributed by atoms with E-state index in [1.165, 1.54) is 23.1 Å². The Morgan fingerprint density at radius 2 is 1.76 bits per heavy atom. The van der Waals surface area contributed by atoms with Gasteiger partial charge in [-0.2, -0.15) is 0 Å². The second-order valence-electron chi connectivity index (χ2n) is 7.52. The first-order valence-electron chi connectivity index (χ1n) is 10.2. The zero-order chi connectivity index (χ0) is 23.5. The van der Waals surface area contributed by atoms with Crippen LogP contribution in [0.15, 0.2) is 77.8 Å². The third-order valence-electron chi connectivity index (χ3n) is 5.33. The van der Waals surface area contributed by atoms with E-state index in [1.54, 1.807) is 14.0 Å². The third-order valence-corrected chi connectivity index (χ3v) is 5.33. The van der Waals surface area contributed by atoms with Gasteiger partial charge in [-0.25, -0.2) is 9.79 Å². The molecule has 3 amide bonds. The summed E-state index contributed by atoms with van der Waals surface area (Å²) in [5, 5.41) is 16.2. The van der Waals surface area contributed by atoms with E-state index in [-0.39, 0.29) is 5.69 Å². The van der Waals surface area contributed by atoms with Gasteiger partial charge in [0, 0.05) is 36.0 Å². The molecule has 0 bridgehead atoms. The molecule has 1 atom stereocenters. The van der Waals surface area contributed by atoms with Crippen LogP contribution in [-0.4, -0.2) is 35.8 Å². The van der Waals surface area contributed by atoms with Crippen molar-refractivity contribution >= 4 is 34.7 Å². The highest BCUT2D eigenvalue weighted by Gasteiger charge is 2.31. The number of benzodiazepines with no additional fused rings is 1. The lowest BCUT2D eigenvalue weighted by Gasteiger charge is -2.21. The predicted octanol–water partition coefficient (Wildman–Crippen LogP) is 3.86. The van der Waals surface area contributed by atoms with E-state index >= 15 is 0 Å². The van der Waals surface area contributed by atoms with Gasteiger partial charge in [-0.1, -0.05) is 48.5 Å². The number of likely N-dealkylation sites (N-methyl/N-ethyl adjacent to an activating group) is 1. The molecule has 0 radical (unpaired) electrons. The maximum Gasteiger partial charge on any atom is 0.321 e. The Labute approximate surface area is 189 Å². The van der Waals surface area contributed by atoms with E-state index < -0.39 is 23.0 Å². The van der Waals surface area contributed by atoms with Gasteiger partial charge >= 0.3 is 6.03 Å². The van der Waals surface area contributed by atoms with Crippen LogP contribution in [0.5, 0.6) is 0 Å². The molecule has 0 spiro atoms. The van der Waals surface area contributed by atoms with Gasteiger partial charge in [-0.05, 0) is 24.6 Å². The summed E-state index contributed by atoms with van der Waals surface area (Å²) in [7, 11) is 1.64. The number of nitro benzene ring substituents is 1. The Kier molecular flexibility index (Phi) is 5.86. The number of carbonyl (C=O) groups excluding carboxylic acids is 2. The Balaban J connectivity index is 1.65. The fraction of sp³-hybridized carbons (Fsp3) is 0.125. The van der Waals surface area contributed by atoms with E-state index in [0.717, 1.165) is 11.1 Å². The molecule has 9 heteroatoms. The quantitative estimate of drug-likeness (QED) is 0.470. The number of amides is 3. The average molecular weight is 443 g/mol. The zero-order valence-electron chi connectivity index (χ0n) is 18.0. The second-order valence-corrected chi connectivity index (χ2v) is 7.52. The van der Waals surface area contributed by atoms with E-state index in [1.807, 2.05) is 54.6 Å². The van der Waals surface area contributed by atoms with Crippen molar-refractivity contribution in [2.45, 2.75) is 13.1 Å². The molecular formula is C24H21N5O4. The van der Waals surface area contributed by atoms with Gasteiger partial charge in [0.15, 0.2) is 0 Å². The number of nitrogens with zero attached hydrogens (tertiary/aromatic N) is 3. The maximum absolute atomic E-state index is 13.2. The highest BCUT2D eigenvalue weighted by molar-refractivity contribution is 6.20. The number of non-ortho nitro benzene ring substituents is 1. The van der Waals surface area contributed by atoms with Gasteiger partial charge in [0.1, 0.15) is 0 Å². The number of rotatable bonds is 4. The number of aliphatic imine (C=N–C) groups is 1. The van der Waals surface area contributed by atoms with Crippen molar-refractivity contribution in [1.82, 2.24) is 5.32 Å². The maximum atomic E-state index is 13.2. The summed E-state index contributed by atoms with van der Waals surface area (Å²) < 4.78 is 0. The van der Waals surface area contributed by atoms with Crippen LogP contribution in [0.1, 0.15) is 16.7 Å². The number of nitrogens with one attached hydrogen (secondary N) is 2. The van der Waals surface area contributed by atoms with Crippen LogP contribution >= 0.6 is 0 Å². The number of urea groups is 1. The van der Waals surface area contributed by atoms with Crippen LogP contribution in [0, 0.1) is 17.0 Å². The minimum Gasteiger partial charge on any atom is -0.311 e. The van der Waals surface area contributed by atoms with Gasteiger partial charge in [0.05, 0.1) is 16.3 Å². The van der Waals surface area contributed by atoms with Crippen LogP contribution in [-0.2, 0) is 4.79 Å². The summed E-state index contributed by atoms with van der Waals surface area (Å²) in [5.41, 5.74) is 3.69. The molecule has 1 aliphatic rings. The van der Waals surface area contributed by atoms with Crippen molar-refractivity contribution in [3.05, 3.63) is 99.6 Å². The molecule has 33 heavy (non-hydrogen) atoms. The van der Waals surface area contributed by atoms with Gasteiger partial charge in [-0.15, -0.1) is 0 Å². The SMILES string of the molecule is Cc1cc([N+](=O)[O-])ccc1NC(=O)N[C@H]1N=C(c2ccccc2)c2ccccc2N(C)C1=O. The molecule has 9 nitrogen and oxygen atoms in total. The highest BCUT2D eigenvalue weighted by Crippen LogP contribution is 2.27. The molecule has 1 aliphatic heterocycles. The first kappa shape index (κ1) is 21.7. The van der Waals surface area contributed by atoms with Crippen LogP contribution < -0.4 is 15.5 Å². The first-order valence-corrected chi connectivity index (χ1v) is 10.2. The predicted molar refractivity (Wildman–Crippen MR) is 126 cm³/mol. The van der Waals surface area contributed by atoms with Crippen LogP contribution in [0.3, 0.4) is 0 Å². The molecule has 0 aromatic heterocycles. The van der Waals surface area contributed by atoms with Crippen LogP contribution in [0.2, 0.25) is 0 Å². The molecule has 0 aliphatic carbocycles. The Morgan fingerprint density at radius 1 is 1.06 bits per heavy atom. The molecule has 1 heterocycles. The van der Waals surface area contributed by atoms with Gasteiger partial charge in [-0.3, -0.25) is 14.9 Å². The van der Waals surface area contributed by atoms with Crippen molar-refractivity contribution < 1.29 is 14.5 Å². The number of nitro groups is 1. The molecule has 3 aromatic rings. The van der Waals surface area contributed by atoms with Crippen molar-refractivity contribution in [2.24, 2.45) is 4.99 Å². The molecule has 0 fully saturated rings. The standard InChI is InChI=1S/C24H21N5O4/c1-15-14-17(29(32)33)12-13-19(15)25-24(31)27-22-23(30)28(2)20-11-7-6-10-18(20)21(26-22)16-8-4-3-5-9-16/h3-14,22H,1-2H3,(H2,25,27,31)/t22-/m1/s1. The molecule has 0 saturated carbocycles. The average Bonchev–Trinajstić information content (AvgIpc) is 2.91. The topological polar surface area (TPSA) is 117 Å².